The molecule has 1 aromatic heterocycles. The minimum Gasteiger partial charge on any atom is -0.494 e. The number of nitrogens with one attached hydrogen (secondary N) is 1. The zero-order valence-corrected chi connectivity index (χ0v) is 12.2. The van der Waals surface area contributed by atoms with Crippen LogP contribution in [0, 0.1) is 0 Å². The predicted molar refractivity (Wildman–Crippen MR) is 84.2 cm³/mol. The predicted octanol–water partition coefficient (Wildman–Crippen LogP) is 4.36. The van der Waals surface area contributed by atoms with Gasteiger partial charge in [-0.3, -0.25) is 4.98 Å². The smallest absolute Gasteiger partial charge is 0.119 e. The first-order valence-corrected chi connectivity index (χ1v) is 7.26. The standard InChI is InChI=1S/C17H22N2O/c1-3-10-18-15-9-11-19-17(13-15)14-5-7-16(8-6-14)20-12-4-2/h5-9,11,13H,3-4,10,12H2,1-2H3,(H,18,19). The maximum Gasteiger partial charge on any atom is 0.119 e. The van der Waals surface area contributed by atoms with Gasteiger partial charge < -0.3 is 10.1 Å². The third kappa shape index (κ3) is 3.98. The monoisotopic (exact) mass is 270 g/mol. The van der Waals surface area contributed by atoms with Crippen LogP contribution in [0.5, 0.6) is 5.75 Å². The third-order valence-corrected chi connectivity index (χ3v) is 2.96. The molecule has 0 spiro atoms. The summed E-state index contributed by atoms with van der Waals surface area (Å²) in [6, 6.07) is 12.2. The fourth-order valence-electron chi connectivity index (χ4n) is 1.91. The van der Waals surface area contributed by atoms with E-state index in [1.807, 2.05) is 24.4 Å². The van der Waals surface area contributed by atoms with Crippen molar-refractivity contribution in [2.24, 2.45) is 0 Å². The number of anilines is 1. The fraction of sp³-hybridized carbons (Fsp3) is 0.353. The Kier molecular flexibility index (Phi) is 5.42. The van der Waals surface area contributed by atoms with E-state index < -0.39 is 0 Å². The molecule has 3 nitrogen and oxygen atoms in total. The van der Waals surface area contributed by atoms with Gasteiger partial charge in [0, 0.05) is 24.0 Å². The van der Waals surface area contributed by atoms with Crippen LogP contribution in [0.4, 0.5) is 5.69 Å². The Hall–Kier alpha value is -2.03. The SMILES string of the molecule is CCCNc1ccnc(-c2ccc(OCCC)cc2)c1. The Balaban J connectivity index is 2.10. The Morgan fingerprint density at radius 3 is 2.55 bits per heavy atom. The Morgan fingerprint density at radius 1 is 1.05 bits per heavy atom. The lowest BCUT2D eigenvalue weighted by atomic mass is 10.1. The van der Waals surface area contributed by atoms with Gasteiger partial charge in [0.2, 0.25) is 0 Å². The lowest BCUT2D eigenvalue weighted by Crippen LogP contribution is -2.00. The molecule has 0 unspecified atom stereocenters. The van der Waals surface area contributed by atoms with Crippen LogP contribution in [-0.4, -0.2) is 18.1 Å². The molecule has 0 bridgehead atoms. The molecule has 1 aromatic carbocycles. The zero-order valence-electron chi connectivity index (χ0n) is 12.2. The molecule has 0 atom stereocenters. The Morgan fingerprint density at radius 2 is 1.85 bits per heavy atom. The number of pyridine rings is 1. The molecule has 0 saturated carbocycles. The van der Waals surface area contributed by atoms with Gasteiger partial charge in [0.25, 0.3) is 0 Å². The van der Waals surface area contributed by atoms with Gasteiger partial charge in [-0.15, -0.1) is 0 Å². The van der Waals surface area contributed by atoms with E-state index in [9.17, 15) is 0 Å². The van der Waals surface area contributed by atoms with Crippen molar-refractivity contribution in [2.75, 3.05) is 18.5 Å². The second-order valence-corrected chi connectivity index (χ2v) is 4.73. The molecule has 2 rings (SSSR count). The van der Waals surface area contributed by atoms with Gasteiger partial charge in [-0.25, -0.2) is 0 Å². The van der Waals surface area contributed by atoms with E-state index in [0.717, 1.165) is 48.7 Å². The van der Waals surface area contributed by atoms with Crippen LogP contribution in [-0.2, 0) is 0 Å². The average Bonchev–Trinajstić information content (AvgIpc) is 2.52. The molecule has 0 aliphatic carbocycles. The van der Waals surface area contributed by atoms with Crippen LogP contribution in [0.25, 0.3) is 11.3 Å². The van der Waals surface area contributed by atoms with Crippen LogP contribution >= 0.6 is 0 Å². The maximum atomic E-state index is 5.59. The van der Waals surface area contributed by atoms with Crippen molar-refractivity contribution < 1.29 is 4.74 Å². The van der Waals surface area contributed by atoms with Gasteiger partial charge in [0.05, 0.1) is 12.3 Å². The Bertz CT molecular complexity index is 523. The van der Waals surface area contributed by atoms with Crippen molar-refractivity contribution >= 4 is 5.69 Å². The largest absolute Gasteiger partial charge is 0.494 e. The molecule has 2 aromatic rings. The van der Waals surface area contributed by atoms with Crippen LogP contribution < -0.4 is 10.1 Å². The van der Waals surface area contributed by atoms with Gasteiger partial charge in [0.15, 0.2) is 0 Å². The van der Waals surface area contributed by atoms with E-state index in [0.29, 0.717) is 0 Å². The molecule has 20 heavy (non-hydrogen) atoms. The van der Waals surface area contributed by atoms with Crippen molar-refractivity contribution in [1.82, 2.24) is 4.98 Å². The highest BCUT2D eigenvalue weighted by atomic mass is 16.5. The van der Waals surface area contributed by atoms with Gasteiger partial charge in [0.1, 0.15) is 5.75 Å². The Labute approximate surface area is 121 Å². The molecule has 1 heterocycles. The van der Waals surface area contributed by atoms with E-state index in [1.54, 1.807) is 0 Å². The van der Waals surface area contributed by atoms with Gasteiger partial charge in [-0.1, -0.05) is 13.8 Å². The molecule has 0 amide bonds. The summed E-state index contributed by atoms with van der Waals surface area (Å²) in [5.74, 6) is 0.913. The van der Waals surface area contributed by atoms with E-state index in [1.165, 1.54) is 0 Å². The van der Waals surface area contributed by atoms with Crippen molar-refractivity contribution in [3.8, 4) is 17.0 Å². The molecular weight excluding hydrogens is 248 g/mol. The minimum absolute atomic E-state index is 0.758. The molecular formula is C17H22N2O. The van der Waals surface area contributed by atoms with E-state index >= 15 is 0 Å². The van der Waals surface area contributed by atoms with Crippen molar-refractivity contribution in [2.45, 2.75) is 26.7 Å². The fourth-order valence-corrected chi connectivity index (χ4v) is 1.91. The summed E-state index contributed by atoms with van der Waals surface area (Å²) in [6.07, 6.45) is 3.98. The molecule has 0 fully saturated rings. The molecule has 1 N–H and O–H groups in total. The number of ether oxygens (including phenoxy) is 1. The molecule has 0 saturated heterocycles. The quantitative estimate of drug-likeness (QED) is 0.811. The summed E-state index contributed by atoms with van der Waals surface area (Å²) in [4.78, 5) is 4.43. The normalized spacial score (nSPS) is 10.3. The maximum absolute atomic E-state index is 5.59. The number of hydrogen-bond acceptors (Lipinski definition) is 3. The molecule has 0 radical (unpaired) electrons. The number of benzene rings is 1. The number of rotatable bonds is 7. The van der Waals surface area contributed by atoms with Crippen molar-refractivity contribution in [3.63, 3.8) is 0 Å². The summed E-state index contributed by atoms with van der Waals surface area (Å²) in [7, 11) is 0. The minimum atomic E-state index is 0.758. The highest BCUT2D eigenvalue weighted by Gasteiger charge is 2.01. The summed E-state index contributed by atoms with van der Waals surface area (Å²) in [5, 5.41) is 3.38. The van der Waals surface area contributed by atoms with E-state index in [2.05, 4.69) is 42.3 Å². The van der Waals surface area contributed by atoms with Crippen LogP contribution in [0.1, 0.15) is 26.7 Å². The molecule has 106 valence electrons. The van der Waals surface area contributed by atoms with Gasteiger partial charge >= 0.3 is 0 Å². The zero-order chi connectivity index (χ0) is 14.2. The second-order valence-electron chi connectivity index (χ2n) is 4.73. The first-order valence-electron chi connectivity index (χ1n) is 7.26. The van der Waals surface area contributed by atoms with Crippen LogP contribution in [0.2, 0.25) is 0 Å². The lowest BCUT2D eigenvalue weighted by Gasteiger charge is -2.08. The molecule has 0 aliphatic heterocycles. The first-order chi connectivity index (χ1) is 9.83. The molecule has 3 heteroatoms. The topological polar surface area (TPSA) is 34.2 Å². The van der Waals surface area contributed by atoms with E-state index in [-0.39, 0.29) is 0 Å². The lowest BCUT2D eigenvalue weighted by molar-refractivity contribution is 0.317. The summed E-state index contributed by atoms with van der Waals surface area (Å²) in [5.41, 5.74) is 3.20. The van der Waals surface area contributed by atoms with Crippen molar-refractivity contribution in [3.05, 3.63) is 42.6 Å². The summed E-state index contributed by atoms with van der Waals surface area (Å²) in [6.45, 7) is 6.00. The van der Waals surface area contributed by atoms with Gasteiger partial charge in [-0.2, -0.15) is 0 Å². The van der Waals surface area contributed by atoms with E-state index in [4.69, 9.17) is 4.74 Å². The number of hydrogen-bond donors (Lipinski definition) is 1. The van der Waals surface area contributed by atoms with Gasteiger partial charge in [-0.05, 0) is 49.2 Å². The second kappa shape index (κ2) is 7.53. The number of aromatic nitrogens is 1. The van der Waals surface area contributed by atoms with Crippen molar-refractivity contribution in [1.29, 1.82) is 0 Å². The van der Waals surface area contributed by atoms with Crippen LogP contribution in [0.3, 0.4) is 0 Å². The summed E-state index contributed by atoms with van der Waals surface area (Å²) < 4.78 is 5.59. The van der Waals surface area contributed by atoms with Crippen LogP contribution in [0.15, 0.2) is 42.6 Å². The first kappa shape index (κ1) is 14.4. The highest BCUT2D eigenvalue weighted by Crippen LogP contribution is 2.23. The summed E-state index contributed by atoms with van der Waals surface area (Å²) >= 11 is 0. The average molecular weight is 270 g/mol. The third-order valence-electron chi connectivity index (χ3n) is 2.96. The number of nitrogens with zero attached hydrogens (tertiary/aromatic N) is 1. The molecule has 0 aliphatic rings. The highest BCUT2D eigenvalue weighted by molar-refractivity contribution is 5.64.